The van der Waals surface area contributed by atoms with Crippen LogP contribution in [-0.4, -0.2) is 28.4 Å². The van der Waals surface area contributed by atoms with Gasteiger partial charge in [0.2, 0.25) is 11.0 Å². The van der Waals surface area contributed by atoms with Gasteiger partial charge in [0.15, 0.2) is 4.34 Å². The molecule has 0 unspecified atom stereocenters. The Morgan fingerprint density at radius 1 is 1.48 bits per heavy atom. The van der Waals surface area contributed by atoms with Crippen molar-refractivity contribution in [3.05, 3.63) is 29.0 Å². The van der Waals surface area contributed by atoms with Crippen LogP contribution in [0.2, 0.25) is 5.02 Å². The lowest BCUT2D eigenvalue weighted by atomic mass is 10.3. The zero-order valence-electron chi connectivity index (χ0n) is 11.2. The number of nitrogens with zero attached hydrogens (tertiary/aromatic N) is 2. The molecule has 1 amide bonds. The molecule has 1 atom stereocenters. The van der Waals surface area contributed by atoms with E-state index in [0.29, 0.717) is 15.2 Å². The van der Waals surface area contributed by atoms with Crippen molar-refractivity contribution < 1.29 is 9.18 Å². The van der Waals surface area contributed by atoms with E-state index in [1.54, 1.807) is 14.0 Å². The van der Waals surface area contributed by atoms with E-state index in [-0.39, 0.29) is 16.2 Å². The SMILES string of the molecule is CNc1nnc(S[C@@H](C)C(=O)Nc2ccc(F)c(Cl)c2)s1. The summed E-state index contributed by atoms with van der Waals surface area (Å²) in [6.45, 7) is 1.76. The van der Waals surface area contributed by atoms with Crippen molar-refractivity contribution in [2.24, 2.45) is 0 Å². The molecule has 2 rings (SSSR count). The molecule has 5 nitrogen and oxygen atoms in total. The highest BCUT2D eigenvalue weighted by Gasteiger charge is 2.17. The maximum absolute atomic E-state index is 13.0. The number of nitrogens with one attached hydrogen (secondary N) is 2. The predicted molar refractivity (Wildman–Crippen MR) is 84.8 cm³/mol. The van der Waals surface area contributed by atoms with Crippen LogP contribution < -0.4 is 10.6 Å². The molecule has 0 aliphatic carbocycles. The number of halogens is 2. The number of carbonyl (C=O) groups is 1. The highest BCUT2D eigenvalue weighted by atomic mass is 35.5. The third-order valence-corrected chi connectivity index (χ3v) is 4.87. The molecule has 112 valence electrons. The largest absolute Gasteiger partial charge is 0.363 e. The van der Waals surface area contributed by atoms with Crippen LogP contribution in [0.1, 0.15) is 6.92 Å². The van der Waals surface area contributed by atoms with Gasteiger partial charge in [-0.25, -0.2) is 4.39 Å². The summed E-state index contributed by atoms with van der Waals surface area (Å²) in [5.74, 6) is -0.741. The topological polar surface area (TPSA) is 66.9 Å². The molecule has 0 fully saturated rings. The van der Waals surface area contributed by atoms with E-state index >= 15 is 0 Å². The first-order valence-corrected chi connectivity index (χ1v) is 8.01. The summed E-state index contributed by atoms with van der Waals surface area (Å²) < 4.78 is 13.7. The lowest BCUT2D eigenvalue weighted by Gasteiger charge is -2.10. The molecule has 21 heavy (non-hydrogen) atoms. The average molecular weight is 347 g/mol. The Morgan fingerprint density at radius 3 is 2.86 bits per heavy atom. The molecule has 9 heteroatoms. The minimum absolute atomic E-state index is 0.0316. The highest BCUT2D eigenvalue weighted by molar-refractivity contribution is 8.02. The number of rotatable bonds is 5. The molecule has 0 radical (unpaired) electrons. The molecule has 2 aromatic rings. The minimum Gasteiger partial charge on any atom is -0.363 e. The van der Waals surface area contributed by atoms with Gasteiger partial charge in [0.1, 0.15) is 5.82 Å². The monoisotopic (exact) mass is 346 g/mol. The van der Waals surface area contributed by atoms with Crippen molar-refractivity contribution >= 4 is 51.4 Å². The maximum atomic E-state index is 13.0. The summed E-state index contributed by atoms with van der Waals surface area (Å²) in [6, 6.07) is 4.04. The zero-order chi connectivity index (χ0) is 15.4. The summed E-state index contributed by atoms with van der Waals surface area (Å²) in [5.41, 5.74) is 0.451. The summed E-state index contributed by atoms with van der Waals surface area (Å²) >= 11 is 8.34. The van der Waals surface area contributed by atoms with Gasteiger partial charge in [0.25, 0.3) is 0 Å². The highest BCUT2D eigenvalue weighted by Crippen LogP contribution is 2.29. The van der Waals surface area contributed by atoms with E-state index in [9.17, 15) is 9.18 Å². The van der Waals surface area contributed by atoms with Gasteiger partial charge in [-0.2, -0.15) is 0 Å². The van der Waals surface area contributed by atoms with E-state index in [0.717, 1.165) is 0 Å². The van der Waals surface area contributed by atoms with Crippen LogP contribution in [0.25, 0.3) is 0 Å². The van der Waals surface area contributed by atoms with Gasteiger partial charge in [0, 0.05) is 12.7 Å². The van der Waals surface area contributed by atoms with E-state index in [1.807, 2.05) is 0 Å². The standard InChI is InChI=1S/C12H12ClFN4OS2/c1-6(20-12-18-17-11(15-2)21-12)10(19)16-7-3-4-9(14)8(13)5-7/h3-6H,1-2H3,(H,15,17)(H,16,19)/t6-/m0/s1. The third-order valence-electron chi connectivity index (χ3n) is 2.45. The van der Waals surface area contributed by atoms with Crippen LogP contribution in [0.5, 0.6) is 0 Å². The van der Waals surface area contributed by atoms with Crippen molar-refractivity contribution in [3.63, 3.8) is 0 Å². The lowest BCUT2D eigenvalue weighted by Crippen LogP contribution is -2.22. The van der Waals surface area contributed by atoms with Gasteiger partial charge >= 0.3 is 0 Å². The molecular weight excluding hydrogens is 335 g/mol. The first-order valence-electron chi connectivity index (χ1n) is 5.93. The van der Waals surface area contributed by atoms with Crippen molar-refractivity contribution in [2.75, 3.05) is 17.7 Å². The number of benzene rings is 1. The molecule has 1 aromatic carbocycles. The Labute approximate surface area is 134 Å². The molecule has 0 saturated carbocycles. The maximum Gasteiger partial charge on any atom is 0.237 e. The molecule has 0 saturated heterocycles. The smallest absolute Gasteiger partial charge is 0.237 e. The number of hydrogen-bond donors (Lipinski definition) is 2. The molecule has 1 heterocycles. The summed E-state index contributed by atoms with van der Waals surface area (Å²) in [5, 5.41) is 13.7. The predicted octanol–water partition coefficient (Wildman–Crippen LogP) is 3.49. The third kappa shape index (κ3) is 4.29. The van der Waals surface area contributed by atoms with Crippen molar-refractivity contribution in [3.8, 4) is 0 Å². The van der Waals surface area contributed by atoms with Gasteiger partial charge in [-0.1, -0.05) is 34.7 Å². The number of thioether (sulfide) groups is 1. The Kier molecular flexibility index (Phi) is 5.38. The molecule has 2 N–H and O–H groups in total. The van der Waals surface area contributed by atoms with Crippen molar-refractivity contribution in [1.29, 1.82) is 0 Å². The Balaban J connectivity index is 1.97. The van der Waals surface area contributed by atoms with Crippen LogP contribution in [0.4, 0.5) is 15.2 Å². The molecule has 0 aliphatic heterocycles. The quantitative estimate of drug-likeness (QED) is 0.811. The van der Waals surface area contributed by atoms with E-state index in [2.05, 4.69) is 20.8 Å². The number of aromatic nitrogens is 2. The van der Waals surface area contributed by atoms with E-state index in [4.69, 9.17) is 11.6 Å². The fourth-order valence-corrected chi connectivity index (χ4v) is 3.41. The van der Waals surface area contributed by atoms with Gasteiger partial charge in [-0.05, 0) is 25.1 Å². The van der Waals surface area contributed by atoms with Gasteiger partial charge in [-0.15, -0.1) is 10.2 Å². The number of amides is 1. The average Bonchev–Trinajstić information content (AvgIpc) is 2.90. The van der Waals surface area contributed by atoms with E-state index < -0.39 is 5.82 Å². The second-order valence-electron chi connectivity index (χ2n) is 4.00. The fraction of sp³-hybridized carbons (Fsp3) is 0.250. The summed E-state index contributed by atoms with van der Waals surface area (Å²) in [4.78, 5) is 12.1. The van der Waals surface area contributed by atoms with Crippen LogP contribution in [0.15, 0.2) is 22.5 Å². The Hall–Kier alpha value is -1.38. The number of anilines is 2. The first kappa shape index (κ1) is 16.0. The molecule has 0 bridgehead atoms. The summed E-state index contributed by atoms with van der Waals surface area (Å²) in [6.07, 6.45) is 0. The van der Waals surface area contributed by atoms with Crippen LogP contribution in [0.3, 0.4) is 0 Å². The van der Waals surface area contributed by atoms with Gasteiger partial charge in [0.05, 0.1) is 10.3 Å². The minimum atomic E-state index is -0.523. The van der Waals surface area contributed by atoms with Crippen LogP contribution in [0, 0.1) is 5.82 Å². The van der Waals surface area contributed by atoms with E-state index in [1.165, 1.54) is 41.3 Å². The van der Waals surface area contributed by atoms with Crippen molar-refractivity contribution in [2.45, 2.75) is 16.5 Å². The lowest BCUT2D eigenvalue weighted by molar-refractivity contribution is -0.115. The summed E-state index contributed by atoms with van der Waals surface area (Å²) in [7, 11) is 1.75. The Morgan fingerprint density at radius 2 is 2.24 bits per heavy atom. The van der Waals surface area contributed by atoms with Gasteiger partial charge < -0.3 is 10.6 Å². The number of carbonyl (C=O) groups excluding carboxylic acids is 1. The normalized spacial score (nSPS) is 12.0. The zero-order valence-corrected chi connectivity index (χ0v) is 13.6. The fourth-order valence-electron chi connectivity index (χ4n) is 1.38. The molecule has 1 aromatic heterocycles. The second-order valence-corrected chi connectivity index (χ2v) is 6.97. The second kappa shape index (κ2) is 7.06. The molecule has 0 spiro atoms. The number of hydrogen-bond acceptors (Lipinski definition) is 6. The van der Waals surface area contributed by atoms with Crippen LogP contribution >= 0.6 is 34.7 Å². The van der Waals surface area contributed by atoms with Crippen LogP contribution in [-0.2, 0) is 4.79 Å². The molecule has 0 aliphatic rings. The molecular formula is C12H12ClFN4OS2. The van der Waals surface area contributed by atoms with Gasteiger partial charge in [-0.3, -0.25) is 4.79 Å². The first-order chi connectivity index (χ1) is 9.99. The Bertz CT molecular complexity index is 652. The van der Waals surface area contributed by atoms with Crippen molar-refractivity contribution in [1.82, 2.24) is 10.2 Å².